The molecule has 0 unspecified atom stereocenters. The molecule has 0 fully saturated rings. The van der Waals surface area contributed by atoms with Crippen LogP contribution in [-0.2, 0) is 13.0 Å². The number of methoxy groups -OCH3 is 2. The first-order valence-electron chi connectivity index (χ1n) is 11.1. The van der Waals surface area contributed by atoms with E-state index in [1.54, 1.807) is 25.3 Å². The van der Waals surface area contributed by atoms with Gasteiger partial charge < -0.3 is 19.4 Å². The van der Waals surface area contributed by atoms with Crippen LogP contribution in [-0.4, -0.2) is 42.0 Å². The molecule has 0 bridgehead atoms. The van der Waals surface area contributed by atoms with Crippen LogP contribution < -0.4 is 14.8 Å². The summed E-state index contributed by atoms with van der Waals surface area (Å²) in [5.74, 6) is 1.75. The normalized spacial score (nSPS) is 10.8. The van der Waals surface area contributed by atoms with E-state index in [0.717, 1.165) is 16.9 Å². The van der Waals surface area contributed by atoms with E-state index in [-0.39, 0.29) is 18.2 Å². The minimum absolute atomic E-state index is 0.0340. The minimum atomic E-state index is -0.186. The summed E-state index contributed by atoms with van der Waals surface area (Å²) < 4.78 is 12.5. The smallest absolute Gasteiger partial charge is 0.251 e. The van der Waals surface area contributed by atoms with Crippen molar-refractivity contribution in [2.24, 2.45) is 0 Å². The third kappa shape index (κ3) is 5.09. The fraction of sp³-hybridized carbons (Fsp3) is 0.222. The van der Waals surface area contributed by atoms with Crippen molar-refractivity contribution in [3.63, 3.8) is 0 Å². The van der Waals surface area contributed by atoms with Gasteiger partial charge in [0.2, 0.25) is 0 Å². The van der Waals surface area contributed by atoms with Crippen LogP contribution in [0.3, 0.4) is 0 Å². The number of carbonyl (C=O) groups excluding carboxylic acids is 2. The number of imidazole rings is 1. The van der Waals surface area contributed by atoms with Gasteiger partial charge in [0.05, 0.1) is 31.8 Å². The van der Waals surface area contributed by atoms with Gasteiger partial charge in [-0.05, 0) is 36.8 Å². The number of aromatic nitrogens is 2. The number of hydrogen-bond acceptors (Lipinski definition) is 5. The maximum atomic E-state index is 12.9. The molecule has 1 N–H and O–H groups in total. The molecule has 174 valence electrons. The van der Waals surface area contributed by atoms with Crippen molar-refractivity contribution in [2.75, 3.05) is 20.8 Å². The number of nitrogens with one attached hydrogen (secondary N) is 1. The monoisotopic (exact) mass is 457 g/mol. The Morgan fingerprint density at radius 1 is 0.882 bits per heavy atom. The summed E-state index contributed by atoms with van der Waals surface area (Å²) in [6.45, 7) is 0.695. The van der Waals surface area contributed by atoms with Crippen LogP contribution in [0.25, 0.3) is 11.0 Å². The molecule has 3 aromatic carbocycles. The zero-order valence-corrected chi connectivity index (χ0v) is 19.3. The highest BCUT2D eigenvalue weighted by atomic mass is 16.5. The van der Waals surface area contributed by atoms with Gasteiger partial charge >= 0.3 is 0 Å². The zero-order chi connectivity index (χ0) is 23.9. The number of fused-ring (bicyclic) bond motifs is 1. The Bertz CT molecular complexity index is 1300. The van der Waals surface area contributed by atoms with Crippen molar-refractivity contribution in [2.45, 2.75) is 19.4 Å². The Kier molecular flexibility index (Phi) is 7.22. The van der Waals surface area contributed by atoms with Crippen LogP contribution in [0.4, 0.5) is 0 Å². The Morgan fingerprint density at radius 3 is 2.38 bits per heavy atom. The third-order valence-corrected chi connectivity index (χ3v) is 5.64. The number of ether oxygens (including phenoxy) is 2. The standard InChI is InChI=1S/C27H27N3O4/c1-33-24-15-14-20(17-25(24)34-2)27(32)28-16-8-13-26-29-21-11-6-7-12-22(21)30(26)18-23(31)19-9-4-3-5-10-19/h3-7,9-12,14-15,17H,8,13,16,18H2,1-2H3,(H,28,32). The lowest BCUT2D eigenvalue weighted by Crippen LogP contribution is -2.25. The van der Waals surface area contributed by atoms with E-state index in [1.165, 1.54) is 7.11 Å². The summed E-state index contributed by atoms with van der Waals surface area (Å²) in [5.41, 5.74) is 2.95. The molecule has 7 heteroatoms. The summed E-state index contributed by atoms with van der Waals surface area (Å²) in [6, 6.07) is 22.1. The lowest BCUT2D eigenvalue weighted by molar-refractivity contribution is 0.0951. The van der Waals surface area contributed by atoms with Crippen LogP contribution in [0.15, 0.2) is 72.8 Å². The average Bonchev–Trinajstić information content (AvgIpc) is 3.23. The average molecular weight is 458 g/mol. The molecule has 4 aromatic rings. The second-order valence-electron chi connectivity index (χ2n) is 7.82. The van der Waals surface area contributed by atoms with Gasteiger partial charge in [-0.15, -0.1) is 0 Å². The van der Waals surface area contributed by atoms with E-state index in [2.05, 4.69) is 5.32 Å². The summed E-state index contributed by atoms with van der Waals surface area (Å²) >= 11 is 0. The van der Waals surface area contributed by atoms with Crippen molar-refractivity contribution in [3.05, 3.63) is 89.7 Å². The topological polar surface area (TPSA) is 82.5 Å². The van der Waals surface area contributed by atoms with Crippen LogP contribution in [0.2, 0.25) is 0 Å². The number of aryl methyl sites for hydroxylation is 1. The van der Waals surface area contributed by atoms with Gasteiger partial charge in [-0.3, -0.25) is 9.59 Å². The second kappa shape index (κ2) is 10.7. The maximum Gasteiger partial charge on any atom is 0.251 e. The van der Waals surface area contributed by atoms with Crippen molar-refractivity contribution in [1.29, 1.82) is 0 Å². The highest BCUT2D eigenvalue weighted by Gasteiger charge is 2.15. The predicted molar refractivity (Wildman–Crippen MR) is 131 cm³/mol. The number of Topliss-reactive ketones (excluding diaryl/α,β-unsaturated/α-hetero) is 1. The van der Waals surface area contributed by atoms with Crippen LogP contribution in [0, 0.1) is 0 Å². The van der Waals surface area contributed by atoms with Gasteiger partial charge in [-0.25, -0.2) is 4.98 Å². The molecule has 0 atom stereocenters. The number of hydrogen-bond donors (Lipinski definition) is 1. The van der Waals surface area contributed by atoms with E-state index >= 15 is 0 Å². The number of ketones is 1. The van der Waals surface area contributed by atoms with E-state index in [9.17, 15) is 9.59 Å². The number of benzene rings is 3. The highest BCUT2D eigenvalue weighted by Crippen LogP contribution is 2.27. The Labute approximate surface area is 198 Å². The third-order valence-electron chi connectivity index (χ3n) is 5.64. The SMILES string of the molecule is COc1ccc(C(=O)NCCCc2nc3ccccc3n2CC(=O)c2ccccc2)cc1OC. The molecule has 0 spiro atoms. The lowest BCUT2D eigenvalue weighted by Gasteiger charge is -2.11. The zero-order valence-electron chi connectivity index (χ0n) is 19.3. The fourth-order valence-corrected chi connectivity index (χ4v) is 3.88. The molecule has 0 saturated heterocycles. The number of rotatable bonds is 10. The molecule has 34 heavy (non-hydrogen) atoms. The molecule has 1 heterocycles. The van der Waals surface area contributed by atoms with Crippen LogP contribution >= 0.6 is 0 Å². The maximum absolute atomic E-state index is 12.9. The summed E-state index contributed by atoms with van der Waals surface area (Å²) in [7, 11) is 3.09. The molecule has 7 nitrogen and oxygen atoms in total. The first kappa shape index (κ1) is 23.0. The van der Waals surface area contributed by atoms with Crippen molar-refractivity contribution in [3.8, 4) is 11.5 Å². The molecule has 0 aliphatic heterocycles. The molecule has 1 aromatic heterocycles. The number of nitrogens with zero attached hydrogens (tertiary/aromatic N) is 2. The first-order chi connectivity index (χ1) is 16.6. The van der Waals surface area contributed by atoms with Gasteiger partial charge in [0.1, 0.15) is 5.82 Å². The summed E-state index contributed by atoms with van der Waals surface area (Å²) in [6.07, 6.45) is 1.31. The molecular formula is C27H27N3O4. The fourth-order valence-electron chi connectivity index (χ4n) is 3.88. The number of carbonyl (C=O) groups is 2. The molecular weight excluding hydrogens is 430 g/mol. The molecule has 1 amide bonds. The molecule has 4 rings (SSSR count). The van der Waals surface area contributed by atoms with E-state index in [0.29, 0.717) is 42.0 Å². The first-order valence-corrected chi connectivity index (χ1v) is 11.1. The van der Waals surface area contributed by atoms with E-state index in [4.69, 9.17) is 14.5 Å². The minimum Gasteiger partial charge on any atom is -0.493 e. The van der Waals surface area contributed by atoms with Gasteiger partial charge in [-0.1, -0.05) is 42.5 Å². The predicted octanol–water partition coefficient (Wildman–Crippen LogP) is 4.30. The summed E-state index contributed by atoms with van der Waals surface area (Å²) in [4.78, 5) is 30.2. The van der Waals surface area contributed by atoms with Gasteiger partial charge in [0, 0.05) is 24.1 Å². The molecule has 0 radical (unpaired) electrons. The lowest BCUT2D eigenvalue weighted by atomic mass is 10.1. The molecule has 0 aliphatic carbocycles. The largest absolute Gasteiger partial charge is 0.493 e. The Balaban J connectivity index is 1.42. The van der Waals surface area contributed by atoms with E-state index in [1.807, 2.05) is 59.2 Å². The Morgan fingerprint density at radius 2 is 1.62 bits per heavy atom. The van der Waals surface area contributed by atoms with Crippen LogP contribution in [0.1, 0.15) is 33.0 Å². The Hall–Kier alpha value is -4.13. The van der Waals surface area contributed by atoms with Gasteiger partial charge in [-0.2, -0.15) is 0 Å². The second-order valence-corrected chi connectivity index (χ2v) is 7.82. The quantitative estimate of drug-likeness (QED) is 0.284. The summed E-state index contributed by atoms with van der Waals surface area (Å²) in [5, 5.41) is 2.94. The number of para-hydroxylation sites is 2. The van der Waals surface area contributed by atoms with Crippen molar-refractivity contribution in [1.82, 2.24) is 14.9 Å². The number of amides is 1. The molecule has 0 saturated carbocycles. The van der Waals surface area contributed by atoms with Gasteiger partial charge in [0.25, 0.3) is 5.91 Å². The molecule has 0 aliphatic rings. The van der Waals surface area contributed by atoms with Gasteiger partial charge in [0.15, 0.2) is 17.3 Å². The van der Waals surface area contributed by atoms with Crippen molar-refractivity contribution >= 4 is 22.7 Å². The van der Waals surface area contributed by atoms with Crippen LogP contribution in [0.5, 0.6) is 11.5 Å². The van der Waals surface area contributed by atoms with E-state index < -0.39 is 0 Å². The highest BCUT2D eigenvalue weighted by molar-refractivity contribution is 5.96. The van der Waals surface area contributed by atoms with Crippen molar-refractivity contribution < 1.29 is 19.1 Å².